The van der Waals surface area contributed by atoms with Gasteiger partial charge in [0.1, 0.15) is 29.6 Å². The number of carbonyl (C=O) groups is 1. The zero-order chi connectivity index (χ0) is 22.8. The van der Waals surface area contributed by atoms with E-state index in [0.29, 0.717) is 29.4 Å². The van der Waals surface area contributed by atoms with Crippen LogP contribution in [-0.4, -0.2) is 27.2 Å². The fourth-order valence-electron chi connectivity index (χ4n) is 3.86. The van der Waals surface area contributed by atoms with Crippen molar-refractivity contribution in [3.8, 4) is 5.75 Å². The van der Waals surface area contributed by atoms with Gasteiger partial charge >= 0.3 is 5.97 Å². The van der Waals surface area contributed by atoms with Crippen LogP contribution in [0.15, 0.2) is 67.0 Å². The molecule has 1 aliphatic rings. The summed E-state index contributed by atoms with van der Waals surface area (Å²) in [5.41, 5.74) is 1.98. The highest BCUT2D eigenvalue weighted by Crippen LogP contribution is 2.51. The maximum Gasteiger partial charge on any atom is 0.343 e. The molecule has 1 aliphatic carbocycles. The summed E-state index contributed by atoms with van der Waals surface area (Å²) in [5, 5.41) is 7.61. The van der Waals surface area contributed by atoms with E-state index in [-0.39, 0.29) is 12.4 Å². The van der Waals surface area contributed by atoms with Crippen molar-refractivity contribution in [2.45, 2.75) is 31.9 Å². The molecule has 5 rings (SSSR count). The molecule has 0 aliphatic heterocycles. The maximum atomic E-state index is 14.2. The molecule has 33 heavy (non-hydrogen) atoms. The second-order valence-corrected chi connectivity index (χ2v) is 7.98. The second-order valence-electron chi connectivity index (χ2n) is 7.98. The zero-order valence-corrected chi connectivity index (χ0v) is 18.1. The smallest absolute Gasteiger partial charge is 0.343 e. The Kier molecular flexibility index (Phi) is 5.42. The number of halogens is 1. The van der Waals surface area contributed by atoms with Gasteiger partial charge in [0.05, 0.1) is 18.3 Å². The molecule has 8 heteroatoms. The average Bonchev–Trinajstić information content (AvgIpc) is 3.48. The minimum atomic E-state index is -0.496. The van der Waals surface area contributed by atoms with Crippen LogP contribution >= 0.6 is 0 Å². The third-order valence-corrected chi connectivity index (χ3v) is 5.68. The Bertz CT molecular complexity index is 1300. The summed E-state index contributed by atoms with van der Waals surface area (Å²) in [4.78, 5) is 16.8. The van der Waals surface area contributed by atoms with Gasteiger partial charge in [0.25, 0.3) is 0 Å². The van der Waals surface area contributed by atoms with Crippen molar-refractivity contribution < 1.29 is 18.7 Å². The molecule has 1 fully saturated rings. The Morgan fingerprint density at radius 2 is 2.00 bits per heavy atom. The van der Waals surface area contributed by atoms with Crippen molar-refractivity contribution in [2.24, 2.45) is 0 Å². The third-order valence-electron chi connectivity index (χ3n) is 5.68. The summed E-state index contributed by atoms with van der Waals surface area (Å²) in [5.74, 6) is 0.390. The monoisotopic (exact) mass is 446 g/mol. The van der Waals surface area contributed by atoms with Crippen molar-refractivity contribution >= 4 is 17.4 Å². The van der Waals surface area contributed by atoms with Gasteiger partial charge in [-0.05, 0) is 49.6 Å². The first-order chi connectivity index (χ1) is 16.1. The van der Waals surface area contributed by atoms with Crippen molar-refractivity contribution in [1.29, 1.82) is 0 Å². The molecule has 2 heterocycles. The van der Waals surface area contributed by atoms with Crippen molar-refractivity contribution in [3.63, 3.8) is 0 Å². The molecule has 0 unspecified atom stereocenters. The molecule has 2 aromatic heterocycles. The Labute approximate surface area is 190 Å². The Hall–Kier alpha value is -3.94. The van der Waals surface area contributed by atoms with Gasteiger partial charge in [0.2, 0.25) is 0 Å². The van der Waals surface area contributed by atoms with Crippen molar-refractivity contribution in [1.82, 2.24) is 14.6 Å². The topological polar surface area (TPSA) is 77.8 Å². The van der Waals surface area contributed by atoms with Gasteiger partial charge in [-0.3, -0.25) is 0 Å². The summed E-state index contributed by atoms with van der Waals surface area (Å²) < 4.78 is 26.9. The highest BCUT2D eigenvalue weighted by Gasteiger charge is 2.47. The van der Waals surface area contributed by atoms with E-state index in [0.717, 1.165) is 24.0 Å². The lowest BCUT2D eigenvalue weighted by Gasteiger charge is -2.22. The van der Waals surface area contributed by atoms with Crippen LogP contribution in [-0.2, 0) is 16.9 Å². The average molecular weight is 446 g/mol. The number of nitrogens with zero attached hydrogens (tertiary/aromatic N) is 3. The van der Waals surface area contributed by atoms with Crippen LogP contribution in [0.4, 0.5) is 10.2 Å². The molecule has 0 atom stereocenters. The van der Waals surface area contributed by atoms with E-state index in [9.17, 15) is 9.18 Å². The molecule has 0 saturated heterocycles. The van der Waals surface area contributed by atoms with E-state index in [4.69, 9.17) is 9.47 Å². The van der Waals surface area contributed by atoms with Crippen LogP contribution in [0.25, 0.3) is 5.65 Å². The molecule has 0 radical (unpaired) electrons. The first-order valence-electron chi connectivity index (χ1n) is 10.8. The third kappa shape index (κ3) is 4.24. The largest absolute Gasteiger partial charge is 0.489 e. The predicted octanol–water partition coefficient (Wildman–Crippen LogP) is 4.73. The molecule has 1 N–H and O–H groups in total. The summed E-state index contributed by atoms with van der Waals surface area (Å²) in [6, 6.07) is 16.2. The number of carbonyl (C=O) groups excluding carboxylic acids is 1. The SMILES string of the molecule is CCOC(=O)c1cnn2ccc(NC3(c4cc(F)ccc4OCc4ccccc4)CC3)nc12. The van der Waals surface area contributed by atoms with Crippen LogP contribution in [0.5, 0.6) is 5.75 Å². The molecular weight excluding hydrogens is 423 g/mol. The van der Waals surface area contributed by atoms with Crippen LogP contribution in [0.1, 0.15) is 41.3 Å². The summed E-state index contributed by atoms with van der Waals surface area (Å²) >= 11 is 0. The van der Waals surface area contributed by atoms with Gasteiger partial charge in [0.15, 0.2) is 5.65 Å². The van der Waals surface area contributed by atoms with Gasteiger partial charge in [0, 0.05) is 11.8 Å². The van der Waals surface area contributed by atoms with Crippen LogP contribution < -0.4 is 10.1 Å². The number of aromatic nitrogens is 3. The number of nitrogens with one attached hydrogen (secondary N) is 1. The Morgan fingerprint density at radius 3 is 2.76 bits per heavy atom. The summed E-state index contributed by atoms with van der Waals surface area (Å²) in [6.07, 6.45) is 4.77. The fraction of sp³-hybridized carbons (Fsp3) is 0.240. The van der Waals surface area contributed by atoms with Gasteiger partial charge < -0.3 is 14.8 Å². The van der Waals surface area contributed by atoms with Gasteiger partial charge in [-0.25, -0.2) is 18.7 Å². The lowest BCUT2D eigenvalue weighted by Crippen LogP contribution is -2.21. The van der Waals surface area contributed by atoms with Crippen LogP contribution in [0.3, 0.4) is 0 Å². The molecule has 0 spiro atoms. The highest BCUT2D eigenvalue weighted by molar-refractivity contribution is 5.95. The molecule has 2 aromatic carbocycles. The number of hydrogen-bond donors (Lipinski definition) is 1. The van der Waals surface area contributed by atoms with Crippen LogP contribution in [0.2, 0.25) is 0 Å². The first kappa shape index (κ1) is 20.9. The van der Waals surface area contributed by atoms with E-state index < -0.39 is 11.5 Å². The number of benzene rings is 2. The minimum absolute atomic E-state index is 0.266. The standard InChI is InChI=1S/C25H23FN4O3/c1-2-32-24(31)19-15-27-30-13-10-22(28-23(19)30)29-25(11-12-25)20-14-18(26)8-9-21(20)33-16-17-6-4-3-5-7-17/h3-10,13-15H,2,11-12,16H2,1H3,(H,28,29). The molecule has 0 amide bonds. The number of rotatable bonds is 8. The minimum Gasteiger partial charge on any atom is -0.489 e. The number of hydrogen-bond acceptors (Lipinski definition) is 6. The quantitative estimate of drug-likeness (QED) is 0.395. The molecule has 168 valence electrons. The lowest BCUT2D eigenvalue weighted by atomic mass is 10.0. The summed E-state index contributed by atoms with van der Waals surface area (Å²) in [7, 11) is 0. The number of anilines is 1. The van der Waals surface area contributed by atoms with Gasteiger partial charge in [-0.1, -0.05) is 30.3 Å². The number of ether oxygens (including phenoxy) is 2. The lowest BCUT2D eigenvalue weighted by molar-refractivity contribution is 0.0528. The van der Waals surface area contributed by atoms with E-state index >= 15 is 0 Å². The molecule has 7 nitrogen and oxygen atoms in total. The van der Waals surface area contributed by atoms with Crippen LogP contribution in [0, 0.1) is 5.82 Å². The van der Waals surface area contributed by atoms with E-state index in [1.54, 1.807) is 25.3 Å². The van der Waals surface area contributed by atoms with Gasteiger partial charge in [-0.15, -0.1) is 0 Å². The van der Waals surface area contributed by atoms with E-state index in [2.05, 4.69) is 15.4 Å². The van der Waals surface area contributed by atoms with E-state index in [1.807, 2.05) is 30.3 Å². The summed E-state index contributed by atoms with van der Waals surface area (Å²) in [6.45, 7) is 2.40. The van der Waals surface area contributed by atoms with Crippen molar-refractivity contribution in [2.75, 3.05) is 11.9 Å². The second kappa shape index (κ2) is 8.54. The molecular formula is C25H23FN4O3. The molecule has 1 saturated carbocycles. The Balaban J connectivity index is 1.43. The number of esters is 1. The van der Waals surface area contributed by atoms with Gasteiger partial charge in [-0.2, -0.15) is 5.10 Å². The number of fused-ring (bicyclic) bond motifs is 1. The normalized spacial score (nSPS) is 14.1. The Morgan fingerprint density at radius 1 is 1.18 bits per heavy atom. The maximum absolute atomic E-state index is 14.2. The molecule has 4 aromatic rings. The molecule has 0 bridgehead atoms. The zero-order valence-electron chi connectivity index (χ0n) is 18.1. The van der Waals surface area contributed by atoms with Crippen molar-refractivity contribution in [3.05, 3.63) is 89.5 Å². The fourth-order valence-corrected chi connectivity index (χ4v) is 3.86. The predicted molar refractivity (Wildman–Crippen MR) is 121 cm³/mol. The first-order valence-corrected chi connectivity index (χ1v) is 10.8. The highest BCUT2D eigenvalue weighted by atomic mass is 19.1. The van der Waals surface area contributed by atoms with E-state index in [1.165, 1.54) is 22.8 Å².